The lowest BCUT2D eigenvalue weighted by Crippen LogP contribution is -2.38. The van der Waals surface area contributed by atoms with Crippen LogP contribution in [0.25, 0.3) is 11.2 Å². The molecule has 0 spiro atoms. The molecule has 1 amide bonds. The Kier molecular flexibility index (Phi) is 3.44. The number of imidazole rings is 1. The summed E-state index contributed by atoms with van der Waals surface area (Å²) in [4.78, 5) is 29.6. The number of hydrogen-bond acceptors (Lipinski definition) is 6. The van der Waals surface area contributed by atoms with Crippen molar-refractivity contribution in [3.05, 3.63) is 36.3 Å². The highest BCUT2D eigenvalue weighted by molar-refractivity contribution is 5.83. The zero-order chi connectivity index (χ0) is 16.7. The molecular weight excluding hydrogens is 308 g/mol. The summed E-state index contributed by atoms with van der Waals surface area (Å²) in [6.07, 6.45) is 3.12. The highest BCUT2D eigenvalue weighted by atomic mass is 16.3. The van der Waals surface area contributed by atoms with E-state index in [0.717, 1.165) is 22.9 Å². The number of fused-ring (bicyclic) bond motifs is 1. The fourth-order valence-corrected chi connectivity index (χ4v) is 3.32. The second kappa shape index (κ2) is 5.63. The van der Waals surface area contributed by atoms with Gasteiger partial charge >= 0.3 is 0 Å². The van der Waals surface area contributed by atoms with Crippen LogP contribution in [0.3, 0.4) is 0 Å². The number of aromatic amines is 1. The van der Waals surface area contributed by atoms with Crippen molar-refractivity contribution in [3.8, 4) is 0 Å². The molecule has 0 aliphatic carbocycles. The fourth-order valence-electron chi connectivity index (χ4n) is 3.32. The zero-order valence-corrected chi connectivity index (χ0v) is 13.5. The molecule has 124 valence electrons. The first kappa shape index (κ1) is 14.7. The monoisotopic (exact) mass is 326 g/mol. The Morgan fingerprint density at radius 3 is 2.96 bits per heavy atom. The van der Waals surface area contributed by atoms with Gasteiger partial charge in [0, 0.05) is 20.0 Å². The van der Waals surface area contributed by atoms with Crippen molar-refractivity contribution in [1.29, 1.82) is 0 Å². The third kappa shape index (κ3) is 2.49. The third-order valence-corrected chi connectivity index (χ3v) is 4.34. The number of nitrogens with zero attached hydrogens (tertiary/aromatic N) is 4. The molecule has 0 unspecified atom stereocenters. The summed E-state index contributed by atoms with van der Waals surface area (Å²) >= 11 is 0. The van der Waals surface area contributed by atoms with E-state index >= 15 is 0 Å². The van der Waals surface area contributed by atoms with Crippen molar-refractivity contribution in [2.24, 2.45) is 0 Å². The summed E-state index contributed by atoms with van der Waals surface area (Å²) in [7, 11) is 0. The lowest BCUT2D eigenvalue weighted by molar-refractivity contribution is -0.119. The Morgan fingerprint density at radius 1 is 1.33 bits per heavy atom. The average molecular weight is 326 g/mol. The molecule has 1 fully saturated rings. The minimum atomic E-state index is -0.0514. The van der Waals surface area contributed by atoms with Gasteiger partial charge in [-0.25, -0.2) is 15.0 Å². The van der Waals surface area contributed by atoms with Crippen molar-refractivity contribution in [2.45, 2.75) is 25.8 Å². The molecule has 4 rings (SSSR count). The molecule has 1 aliphatic heterocycles. The van der Waals surface area contributed by atoms with E-state index in [9.17, 15) is 4.79 Å². The van der Waals surface area contributed by atoms with Crippen LogP contribution in [0.1, 0.15) is 24.4 Å². The number of carbonyl (C=O) groups is 1. The van der Waals surface area contributed by atoms with E-state index in [-0.39, 0.29) is 17.9 Å². The predicted octanol–water partition coefficient (Wildman–Crippen LogP) is 1.36. The summed E-state index contributed by atoms with van der Waals surface area (Å²) < 4.78 is 5.81. The molecular formula is C16H18N6O2. The van der Waals surface area contributed by atoms with E-state index in [0.29, 0.717) is 18.7 Å². The van der Waals surface area contributed by atoms with Gasteiger partial charge < -0.3 is 19.6 Å². The fraction of sp³-hybridized carbons (Fsp3) is 0.375. The topological polar surface area (TPSA) is 99.9 Å². The van der Waals surface area contributed by atoms with Crippen molar-refractivity contribution in [3.63, 3.8) is 0 Å². The van der Waals surface area contributed by atoms with Crippen LogP contribution >= 0.6 is 0 Å². The quantitative estimate of drug-likeness (QED) is 0.754. The SMILES string of the molecule is CC(=O)N[C@@H]1CN(c2ncnc3nc[nH]c23)C[C@H]1c1ccc(C)o1. The zero-order valence-electron chi connectivity index (χ0n) is 13.5. The van der Waals surface area contributed by atoms with Gasteiger partial charge in [0.2, 0.25) is 5.91 Å². The molecule has 24 heavy (non-hydrogen) atoms. The number of furan rings is 1. The smallest absolute Gasteiger partial charge is 0.217 e. The van der Waals surface area contributed by atoms with Crippen molar-refractivity contribution >= 4 is 22.9 Å². The molecule has 2 atom stereocenters. The average Bonchev–Trinajstić information content (AvgIpc) is 3.25. The first-order valence-electron chi connectivity index (χ1n) is 7.84. The van der Waals surface area contributed by atoms with Crippen LogP contribution in [0.5, 0.6) is 0 Å². The van der Waals surface area contributed by atoms with E-state index in [1.165, 1.54) is 13.3 Å². The number of aryl methyl sites for hydroxylation is 1. The molecule has 0 aromatic carbocycles. The van der Waals surface area contributed by atoms with Crippen molar-refractivity contribution in [2.75, 3.05) is 18.0 Å². The Morgan fingerprint density at radius 2 is 2.21 bits per heavy atom. The van der Waals surface area contributed by atoms with Gasteiger partial charge in [-0.3, -0.25) is 4.79 Å². The largest absolute Gasteiger partial charge is 0.466 e. The highest BCUT2D eigenvalue weighted by Crippen LogP contribution is 2.33. The summed E-state index contributed by atoms with van der Waals surface area (Å²) in [5, 5.41) is 3.03. The Hall–Kier alpha value is -2.90. The number of aromatic nitrogens is 4. The van der Waals surface area contributed by atoms with Gasteiger partial charge in [0.1, 0.15) is 23.4 Å². The lowest BCUT2D eigenvalue weighted by Gasteiger charge is -2.17. The second-order valence-electron chi connectivity index (χ2n) is 6.07. The number of nitrogens with one attached hydrogen (secondary N) is 2. The second-order valence-corrected chi connectivity index (χ2v) is 6.07. The molecule has 0 radical (unpaired) electrons. The predicted molar refractivity (Wildman–Crippen MR) is 87.7 cm³/mol. The van der Waals surface area contributed by atoms with Crippen LogP contribution in [0, 0.1) is 6.92 Å². The minimum absolute atomic E-state index is 0.0408. The Bertz CT molecular complexity index is 885. The van der Waals surface area contributed by atoms with E-state index in [2.05, 4.69) is 30.2 Å². The van der Waals surface area contributed by atoms with Crippen LogP contribution in [0.2, 0.25) is 0 Å². The molecule has 3 aromatic rings. The summed E-state index contributed by atoms with van der Waals surface area (Å²) in [5.41, 5.74) is 1.43. The van der Waals surface area contributed by atoms with Gasteiger partial charge in [0.25, 0.3) is 0 Å². The molecule has 4 heterocycles. The first-order chi connectivity index (χ1) is 11.6. The summed E-state index contributed by atoms with van der Waals surface area (Å²) in [6, 6.07) is 3.88. The number of rotatable bonds is 3. The number of carbonyl (C=O) groups excluding carboxylic acids is 1. The maximum atomic E-state index is 11.6. The Labute approximate surface area is 138 Å². The van der Waals surface area contributed by atoms with Crippen LogP contribution in [0.4, 0.5) is 5.82 Å². The molecule has 2 N–H and O–H groups in total. The molecule has 1 aliphatic rings. The molecule has 1 saturated heterocycles. The molecule has 3 aromatic heterocycles. The number of anilines is 1. The van der Waals surface area contributed by atoms with Gasteiger partial charge in [0.05, 0.1) is 18.3 Å². The summed E-state index contributed by atoms with van der Waals surface area (Å²) in [5.74, 6) is 2.55. The number of amides is 1. The first-order valence-corrected chi connectivity index (χ1v) is 7.84. The standard InChI is InChI=1S/C16H18N6O2/c1-9-3-4-13(24-9)11-5-22(6-12(11)21-10(2)23)16-14-15(18-7-17-14)19-8-20-16/h3-4,7-8,11-12H,5-6H2,1-2H3,(H,21,23)(H,17,18,19,20)/t11-,12-/m1/s1. The van der Waals surface area contributed by atoms with Gasteiger partial charge in [-0.05, 0) is 19.1 Å². The van der Waals surface area contributed by atoms with Crippen LogP contribution < -0.4 is 10.2 Å². The van der Waals surface area contributed by atoms with Gasteiger partial charge in [-0.1, -0.05) is 0 Å². The maximum Gasteiger partial charge on any atom is 0.217 e. The maximum absolute atomic E-state index is 11.6. The molecule has 8 heteroatoms. The van der Waals surface area contributed by atoms with Crippen LogP contribution in [-0.4, -0.2) is 45.0 Å². The van der Waals surface area contributed by atoms with Crippen molar-refractivity contribution in [1.82, 2.24) is 25.3 Å². The third-order valence-electron chi connectivity index (χ3n) is 4.34. The molecule has 8 nitrogen and oxygen atoms in total. The lowest BCUT2D eigenvalue weighted by atomic mass is 10.0. The highest BCUT2D eigenvalue weighted by Gasteiger charge is 2.37. The van der Waals surface area contributed by atoms with E-state index in [4.69, 9.17) is 4.42 Å². The summed E-state index contributed by atoms with van der Waals surface area (Å²) in [6.45, 7) is 4.80. The van der Waals surface area contributed by atoms with Gasteiger partial charge in [-0.15, -0.1) is 0 Å². The van der Waals surface area contributed by atoms with Gasteiger partial charge in [-0.2, -0.15) is 0 Å². The van der Waals surface area contributed by atoms with Crippen LogP contribution in [-0.2, 0) is 4.79 Å². The minimum Gasteiger partial charge on any atom is -0.466 e. The van der Waals surface area contributed by atoms with E-state index in [1.54, 1.807) is 6.33 Å². The van der Waals surface area contributed by atoms with Crippen molar-refractivity contribution < 1.29 is 9.21 Å². The number of hydrogen-bond donors (Lipinski definition) is 2. The molecule has 0 saturated carbocycles. The normalized spacial score (nSPS) is 20.7. The Balaban J connectivity index is 1.68. The van der Waals surface area contributed by atoms with E-state index < -0.39 is 0 Å². The number of H-pyrrole nitrogens is 1. The van der Waals surface area contributed by atoms with Gasteiger partial charge in [0.15, 0.2) is 11.5 Å². The molecule has 0 bridgehead atoms. The van der Waals surface area contributed by atoms with Crippen LogP contribution in [0.15, 0.2) is 29.2 Å². The van der Waals surface area contributed by atoms with E-state index in [1.807, 2.05) is 19.1 Å².